The molecule has 196 valence electrons. The molecule has 4 rings (SSSR count). The fourth-order valence-electron chi connectivity index (χ4n) is 5.03. The van der Waals surface area contributed by atoms with Crippen molar-refractivity contribution in [2.75, 3.05) is 25.0 Å². The van der Waals surface area contributed by atoms with Crippen LogP contribution in [0.3, 0.4) is 0 Å². The standard InChI is InChI=1S/C25H31F3N4O4/c1-2-4-21-20-13-19(36-10-7-18-14-31-9-3-8-29-24(31)30-18)6-5-16(20)11-17(12-22(33)34)23(35)32(21)15-25(26,27)28/h5-6,13-14,17,21H,2-4,7-12,15H2,1H3,(H,29,30)(H,33,34)/t17-,21?/m0/s1. The number of nitrogens with one attached hydrogen (secondary N) is 1. The Morgan fingerprint density at radius 3 is 2.83 bits per heavy atom. The third-order valence-corrected chi connectivity index (χ3v) is 6.60. The van der Waals surface area contributed by atoms with Gasteiger partial charge in [0.1, 0.15) is 12.3 Å². The second-order valence-corrected chi connectivity index (χ2v) is 9.37. The maximum atomic E-state index is 13.5. The van der Waals surface area contributed by atoms with Crippen molar-refractivity contribution in [2.24, 2.45) is 5.92 Å². The number of carboxylic acids is 1. The van der Waals surface area contributed by atoms with Crippen LogP contribution in [0.2, 0.25) is 0 Å². The van der Waals surface area contributed by atoms with Gasteiger partial charge in [-0.3, -0.25) is 9.59 Å². The Morgan fingerprint density at radius 2 is 2.14 bits per heavy atom. The molecule has 1 aromatic heterocycles. The fourth-order valence-corrected chi connectivity index (χ4v) is 5.03. The number of benzene rings is 1. The largest absolute Gasteiger partial charge is 0.493 e. The van der Waals surface area contributed by atoms with E-state index in [4.69, 9.17) is 4.74 Å². The first kappa shape index (κ1) is 25.8. The maximum Gasteiger partial charge on any atom is 0.406 e. The summed E-state index contributed by atoms with van der Waals surface area (Å²) in [6.07, 6.45) is -0.583. The van der Waals surface area contributed by atoms with Crippen molar-refractivity contribution >= 4 is 17.8 Å². The molecule has 0 bridgehead atoms. The number of carbonyl (C=O) groups excluding carboxylic acids is 1. The number of fused-ring (bicyclic) bond motifs is 2. The molecule has 36 heavy (non-hydrogen) atoms. The molecular weight excluding hydrogens is 477 g/mol. The van der Waals surface area contributed by atoms with Gasteiger partial charge in [0.15, 0.2) is 0 Å². The van der Waals surface area contributed by atoms with Gasteiger partial charge in [-0.1, -0.05) is 19.4 Å². The van der Waals surface area contributed by atoms with Gasteiger partial charge in [-0.15, -0.1) is 0 Å². The Balaban J connectivity index is 1.56. The monoisotopic (exact) mass is 508 g/mol. The molecule has 2 atom stereocenters. The van der Waals surface area contributed by atoms with Crippen LogP contribution in [0.1, 0.15) is 55.5 Å². The van der Waals surface area contributed by atoms with Gasteiger partial charge < -0.3 is 24.6 Å². The molecule has 0 aliphatic carbocycles. The molecule has 1 unspecified atom stereocenters. The van der Waals surface area contributed by atoms with E-state index in [2.05, 4.69) is 14.9 Å². The number of carboxylic acid groups (broad SMARTS) is 1. The summed E-state index contributed by atoms with van der Waals surface area (Å²) in [6.45, 7) is 2.56. The molecule has 0 fully saturated rings. The second-order valence-electron chi connectivity index (χ2n) is 9.37. The van der Waals surface area contributed by atoms with Crippen LogP contribution in [0.25, 0.3) is 0 Å². The molecule has 8 nitrogen and oxygen atoms in total. The summed E-state index contributed by atoms with van der Waals surface area (Å²) in [5.41, 5.74) is 2.15. The van der Waals surface area contributed by atoms with Gasteiger partial charge in [0.25, 0.3) is 0 Å². The lowest BCUT2D eigenvalue weighted by molar-refractivity contribution is -0.169. The molecule has 2 N–H and O–H groups in total. The lowest BCUT2D eigenvalue weighted by Crippen LogP contribution is -2.43. The Hall–Kier alpha value is -3.24. The van der Waals surface area contributed by atoms with Crippen molar-refractivity contribution in [3.05, 3.63) is 41.2 Å². The number of aliphatic carboxylic acids is 1. The normalized spacial score (nSPS) is 19.8. The number of carbonyl (C=O) groups is 2. The van der Waals surface area contributed by atoms with E-state index in [1.165, 1.54) is 0 Å². The highest BCUT2D eigenvalue weighted by atomic mass is 19.4. The van der Waals surface area contributed by atoms with Crippen LogP contribution in [0, 0.1) is 5.92 Å². The average Bonchev–Trinajstić information content (AvgIpc) is 3.19. The zero-order valence-electron chi connectivity index (χ0n) is 20.2. The summed E-state index contributed by atoms with van der Waals surface area (Å²) in [4.78, 5) is 29.9. The van der Waals surface area contributed by atoms with Gasteiger partial charge in [-0.25, -0.2) is 4.98 Å². The van der Waals surface area contributed by atoms with Crippen LogP contribution < -0.4 is 10.1 Å². The van der Waals surface area contributed by atoms with Crippen LogP contribution in [-0.4, -0.2) is 57.3 Å². The third kappa shape index (κ3) is 6.11. The number of aryl methyl sites for hydroxylation is 1. The van der Waals surface area contributed by atoms with Crippen LogP contribution in [0.4, 0.5) is 19.1 Å². The topological polar surface area (TPSA) is 96.7 Å². The first-order valence-corrected chi connectivity index (χ1v) is 12.3. The van der Waals surface area contributed by atoms with Crippen LogP contribution >= 0.6 is 0 Å². The summed E-state index contributed by atoms with van der Waals surface area (Å²) in [5.74, 6) is -1.71. The summed E-state index contributed by atoms with van der Waals surface area (Å²) in [6, 6.07) is 4.36. The minimum Gasteiger partial charge on any atom is -0.493 e. The predicted octanol–water partition coefficient (Wildman–Crippen LogP) is 4.20. The number of nitrogens with zero attached hydrogens (tertiary/aromatic N) is 3. The van der Waals surface area contributed by atoms with Gasteiger partial charge in [-0.05, 0) is 42.5 Å². The first-order chi connectivity index (χ1) is 17.1. The first-order valence-electron chi connectivity index (χ1n) is 12.3. The third-order valence-electron chi connectivity index (χ3n) is 6.60. The molecule has 11 heteroatoms. The molecule has 2 aliphatic heterocycles. The van der Waals surface area contributed by atoms with E-state index in [1.807, 2.05) is 13.1 Å². The highest BCUT2D eigenvalue weighted by Crippen LogP contribution is 2.39. The van der Waals surface area contributed by atoms with Crippen molar-refractivity contribution in [3.8, 4) is 5.75 Å². The van der Waals surface area contributed by atoms with Crippen molar-refractivity contribution in [1.82, 2.24) is 14.5 Å². The molecule has 1 aromatic carbocycles. The Labute approximate surface area is 207 Å². The molecular formula is C25H31F3N4O4. The Morgan fingerprint density at radius 1 is 1.33 bits per heavy atom. The minimum atomic E-state index is -4.60. The van der Waals surface area contributed by atoms with E-state index in [-0.39, 0.29) is 6.42 Å². The van der Waals surface area contributed by atoms with Gasteiger partial charge in [0, 0.05) is 25.7 Å². The number of anilines is 1. The van der Waals surface area contributed by atoms with Crippen molar-refractivity contribution in [1.29, 1.82) is 0 Å². The smallest absolute Gasteiger partial charge is 0.406 e. The molecule has 2 aliphatic rings. The summed E-state index contributed by atoms with van der Waals surface area (Å²) < 4.78 is 48.4. The number of hydrogen-bond donors (Lipinski definition) is 2. The molecule has 3 heterocycles. The summed E-state index contributed by atoms with van der Waals surface area (Å²) >= 11 is 0. The highest BCUT2D eigenvalue weighted by molar-refractivity contribution is 5.84. The van der Waals surface area contributed by atoms with E-state index in [0.29, 0.717) is 42.7 Å². The number of amides is 1. The molecule has 2 aromatic rings. The zero-order chi connectivity index (χ0) is 25.9. The number of halogens is 3. The second kappa shape index (κ2) is 10.8. The van der Waals surface area contributed by atoms with Gasteiger partial charge in [-0.2, -0.15) is 13.2 Å². The molecule has 0 radical (unpaired) electrons. The van der Waals surface area contributed by atoms with Gasteiger partial charge in [0.05, 0.1) is 30.7 Å². The Bertz CT molecular complexity index is 1080. The van der Waals surface area contributed by atoms with Crippen molar-refractivity contribution in [2.45, 2.75) is 64.2 Å². The van der Waals surface area contributed by atoms with Crippen molar-refractivity contribution in [3.63, 3.8) is 0 Å². The maximum absolute atomic E-state index is 13.5. The quantitative estimate of drug-likeness (QED) is 0.527. The molecule has 0 saturated carbocycles. The lowest BCUT2D eigenvalue weighted by Gasteiger charge is -2.33. The van der Waals surface area contributed by atoms with Crippen molar-refractivity contribution < 1.29 is 32.6 Å². The lowest BCUT2D eigenvalue weighted by atomic mass is 9.92. The van der Waals surface area contributed by atoms with Crippen LogP contribution in [-0.2, 0) is 29.0 Å². The van der Waals surface area contributed by atoms with E-state index >= 15 is 0 Å². The van der Waals surface area contributed by atoms with Gasteiger partial charge in [0.2, 0.25) is 11.9 Å². The van der Waals surface area contributed by atoms with E-state index in [9.17, 15) is 27.9 Å². The fraction of sp³-hybridized carbons (Fsp3) is 0.560. The van der Waals surface area contributed by atoms with Crippen LogP contribution in [0.15, 0.2) is 24.4 Å². The Kier molecular flexibility index (Phi) is 7.75. The minimum absolute atomic E-state index is 0.0720. The number of rotatable bonds is 9. The number of alkyl halides is 3. The van der Waals surface area contributed by atoms with Gasteiger partial charge >= 0.3 is 12.1 Å². The van der Waals surface area contributed by atoms with Crippen LogP contribution in [0.5, 0.6) is 5.75 Å². The number of ether oxygens (including phenoxy) is 1. The molecule has 1 amide bonds. The summed E-state index contributed by atoms with van der Waals surface area (Å²) in [5, 5.41) is 12.5. The number of aromatic nitrogens is 2. The SMILES string of the molecule is CCCC1c2cc(OCCc3cn4c(n3)NCCC4)ccc2C[C@@H](CC(=O)O)C(=O)N1CC(F)(F)F. The van der Waals surface area contributed by atoms with E-state index in [0.717, 1.165) is 36.1 Å². The molecule has 0 saturated heterocycles. The van der Waals surface area contributed by atoms with E-state index in [1.54, 1.807) is 18.2 Å². The molecule has 0 spiro atoms. The summed E-state index contributed by atoms with van der Waals surface area (Å²) in [7, 11) is 0. The zero-order valence-corrected chi connectivity index (χ0v) is 20.2. The number of imidazole rings is 1. The van der Waals surface area contributed by atoms with E-state index < -0.39 is 43.0 Å². The highest BCUT2D eigenvalue weighted by Gasteiger charge is 2.42. The average molecular weight is 509 g/mol. The predicted molar refractivity (Wildman–Crippen MR) is 126 cm³/mol. The number of hydrogen-bond acceptors (Lipinski definition) is 5.